The Morgan fingerprint density at radius 1 is 1.47 bits per heavy atom. The van der Waals surface area contributed by atoms with Crippen LogP contribution < -0.4 is 11.3 Å². The van der Waals surface area contributed by atoms with Gasteiger partial charge in [-0.3, -0.25) is 16.0 Å². The Bertz CT molecular complexity index is 387. The number of hydrazine groups is 1. The molecule has 1 atom stereocenters. The highest BCUT2D eigenvalue weighted by Crippen LogP contribution is 2.42. The number of hydrogen-bond acceptors (Lipinski definition) is 3. The average molecular weight is 264 g/mol. The van der Waals surface area contributed by atoms with Crippen LogP contribution in [0.3, 0.4) is 0 Å². The van der Waals surface area contributed by atoms with Gasteiger partial charge in [-0.15, -0.1) is 0 Å². The molecular formula is C15H28N4. The molecule has 1 aliphatic carbocycles. The van der Waals surface area contributed by atoms with Crippen LogP contribution in [0.25, 0.3) is 0 Å². The van der Waals surface area contributed by atoms with Crippen LogP contribution >= 0.6 is 0 Å². The zero-order valence-electron chi connectivity index (χ0n) is 12.5. The van der Waals surface area contributed by atoms with Gasteiger partial charge in [0.1, 0.15) is 0 Å². The highest BCUT2D eigenvalue weighted by molar-refractivity contribution is 5.09. The largest absolute Gasteiger partial charge is 0.271 e. The SMILES string of the molecule is CCCn1nccc1C(NN)C1CCC(C)(C)CC1. The van der Waals surface area contributed by atoms with E-state index in [1.54, 1.807) is 0 Å². The van der Waals surface area contributed by atoms with E-state index in [2.05, 4.69) is 42.0 Å². The van der Waals surface area contributed by atoms with Gasteiger partial charge in [-0.2, -0.15) is 5.10 Å². The van der Waals surface area contributed by atoms with Crippen LogP contribution in [0, 0.1) is 11.3 Å². The lowest BCUT2D eigenvalue weighted by molar-refractivity contribution is 0.158. The molecule has 0 amide bonds. The molecule has 108 valence electrons. The van der Waals surface area contributed by atoms with E-state index in [1.807, 2.05) is 6.20 Å². The van der Waals surface area contributed by atoms with Crippen LogP contribution in [0.1, 0.15) is 64.6 Å². The second kappa shape index (κ2) is 6.06. The Morgan fingerprint density at radius 3 is 2.74 bits per heavy atom. The summed E-state index contributed by atoms with van der Waals surface area (Å²) in [5.41, 5.74) is 4.78. The number of nitrogens with zero attached hydrogens (tertiary/aromatic N) is 2. The minimum Gasteiger partial charge on any atom is -0.271 e. The van der Waals surface area contributed by atoms with Gasteiger partial charge in [-0.1, -0.05) is 20.8 Å². The summed E-state index contributed by atoms with van der Waals surface area (Å²) < 4.78 is 2.10. The molecule has 0 bridgehead atoms. The maximum atomic E-state index is 5.84. The van der Waals surface area contributed by atoms with Crippen molar-refractivity contribution in [3.8, 4) is 0 Å². The van der Waals surface area contributed by atoms with Crippen molar-refractivity contribution in [3.05, 3.63) is 18.0 Å². The molecule has 1 fully saturated rings. The molecule has 4 nitrogen and oxygen atoms in total. The number of aryl methyl sites for hydroxylation is 1. The fraction of sp³-hybridized carbons (Fsp3) is 0.800. The summed E-state index contributed by atoms with van der Waals surface area (Å²) in [6.45, 7) is 7.89. The maximum Gasteiger partial charge on any atom is 0.0657 e. The Kier molecular flexibility index (Phi) is 4.63. The molecule has 19 heavy (non-hydrogen) atoms. The van der Waals surface area contributed by atoms with Crippen molar-refractivity contribution in [3.63, 3.8) is 0 Å². The van der Waals surface area contributed by atoms with E-state index < -0.39 is 0 Å². The molecule has 1 unspecified atom stereocenters. The third-order valence-electron chi connectivity index (χ3n) is 4.54. The molecule has 0 aliphatic heterocycles. The Balaban J connectivity index is 2.09. The standard InChI is InChI=1S/C15H28N4/c1-4-11-19-13(7-10-17-19)14(18-16)12-5-8-15(2,3)9-6-12/h7,10,12,14,18H,4-6,8-9,11,16H2,1-3H3. The summed E-state index contributed by atoms with van der Waals surface area (Å²) in [5.74, 6) is 6.47. The molecule has 1 heterocycles. The molecule has 1 aromatic heterocycles. The first-order valence-corrected chi connectivity index (χ1v) is 7.55. The molecule has 0 radical (unpaired) electrons. The zero-order valence-corrected chi connectivity index (χ0v) is 12.5. The number of aromatic nitrogens is 2. The Labute approximate surface area is 116 Å². The molecule has 4 heteroatoms. The minimum absolute atomic E-state index is 0.241. The molecule has 1 saturated carbocycles. The molecular weight excluding hydrogens is 236 g/mol. The first-order chi connectivity index (χ1) is 9.07. The Hall–Kier alpha value is -0.870. The van der Waals surface area contributed by atoms with Gasteiger partial charge < -0.3 is 0 Å². The van der Waals surface area contributed by atoms with E-state index in [9.17, 15) is 0 Å². The van der Waals surface area contributed by atoms with Crippen molar-refractivity contribution in [2.75, 3.05) is 0 Å². The topological polar surface area (TPSA) is 55.9 Å². The fourth-order valence-corrected chi connectivity index (χ4v) is 3.22. The van der Waals surface area contributed by atoms with Crippen molar-refractivity contribution in [2.45, 2.75) is 65.5 Å². The molecule has 3 N–H and O–H groups in total. The second-order valence-electron chi connectivity index (χ2n) is 6.63. The van der Waals surface area contributed by atoms with Crippen molar-refractivity contribution in [1.29, 1.82) is 0 Å². The molecule has 0 spiro atoms. The van der Waals surface area contributed by atoms with Crippen molar-refractivity contribution < 1.29 is 0 Å². The van der Waals surface area contributed by atoms with Crippen molar-refractivity contribution in [1.82, 2.24) is 15.2 Å². The summed E-state index contributed by atoms with van der Waals surface area (Å²) in [4.78, 5) is 0. The van der Waals surface area contributed by atoms with Gasteiger partial charge >= 0.3 is 0 Å². The van der Waals surface area contributed by atoms with Gasteiger partial charge in [-0.05, 0) is 49.5 Å². The summed E-state index contributed by atoms with van der Waals surface area (Å²) >= 11 is 0. The van der Waals surface area contributed by atoms with Gasteiger partial charge in [0.05, 0.1) is 11.7 Å². The maximum absolute atomic E-state index is 5.84. The highest BCUT2D eigenvalue weighted by Gasteiger charge is 2.32. The third-order valence-corrected chi connectivity index (χ3v) is 4.54. The van der Waals surface area contributed by atoms with Gasteiger partial charge in [0, 0.05) is 12.7 Å². The second-order valence-corrected chi connectivity index (χ2v) is 6.63. The molecule has 0 aromatic carbocycles. The van der Waals surface area contributed by atoms with Crippen LogP contribution in [-0.4, -0.2) is 9.78 Å². The van der Waals surface area contributed by atoms with Gasteiger partial charge in [-0.25, -0.2) is 0 Å². The molecule has 1 aromatic rings. The van der Waals surface area contributed by atoms with Gasteiger partial charge in [0.2, 0.25) is 0 Å². The van der Waals surface area contributed by atoms with Crippen molar-refractivity contribution in [2.24, 2.45) is 17.2 Å². The summed E-state index contributed by atoms with van der Waals surface area (Å²) in [6.07, 6.45) is 8.07. The smallest absolute Gasteiger partial charge is 0.0657 e. The first kappa shape index (κ1) is 14.5. The number of rotatable bonds is 5. The molecule has 2 rings (SSSR count). The van der Waals surface area contributed by atoms with E-state index in [-0.39, 0.29) is 6.04 Å². The lowest BCUT2D eigenvalue weighted by Gasteiger charge is -2.37. The lowest BCUT2D eigenvalue weighted by atomic mass is 9.71. The Morgan fingerprint density at radius 2 is 2.16 bits per heavy atom. The molecule has 0 saturated heterocycles. The third kappa shape index (κ3) is 3.37. The number of nitrogens with two attached hydrogens (primary N) is 1. The molecule has 1 aliphatic rings. The first-order valence-electron chi connectivity index (χ1n) is 7.55. The van der Waals surface area contributed by atoms with Crippen LogP contribution in [0.15, 0.2) is 12.3 Å². The number of hydrogen-bond donors (Lipinski definition) is 2. The van der Waals surface area contributed by atoms with Crippen molar-refractivity contribution >= 4 is 0 Å². The van der Waals surface area contributed by atoms with Crippen LogP contribution in [0.2, 0.25) is 0 Å². The normalized spacial score (nSPS) is 21.5. The summed E-state index contributed by atoms with van der Waals surface area (Å²) in [7, 11) is 0. The predicted molar refractivity (Wildman–Crippen MR) is 78.3 cm³/mol. The van der Waals surface area contributed by atoms with E-state index in [1.165, 1.54) is 31.4 Å². The average Bonchev–Trinajstić information content (AvgIpc) is 2.81. The zero-order chi connectivity index (χ0) is 13.9. The predicted octanol–water partition coefficient (Wildman–Crippen LogP) is 3.01. The van der Waals surface area contributed by atoms with E-state index in [0.717, 1.165) is 13.0 Å². The van der Waals surface area contributed by atoms with E-state index >= 15 is 0 Å². The van der Waals surface area contributed by atoms with E-state index in [0.29, 0.717) is 11.3 Å². The fourth-order valence-electron chi connectivity index (χ4n) is 3.22. The van der Waals surface area contributed by atoms with Gasteiger partial charge in [0.15, 0.2) is 0 Å². The lowest BCUT2D eigenvalue weighted by Crippen LogP contribution is -2.37. The van der Waals surface area contributed by atoms with Crippen LogP contribution in [0.4, 0.5) is 0 Å². The highest BCUT2D eigenvalue weighted by atomic mass is 15.3. The monoisotopic (exact) mass is 264 g/mol. The van der Waals surface area contributed by atoms with Crippen LogP contribution in [-0.2, 0) is 6.54 Å². The summed E-state index contributed by atoms with van der Waals surface area (Å²) in [5, 5.41) is 4.42. The van der Waals surface area contributed by atoms with Crippen LogP contribution in [0.5, 0.6) is 0 Å². The quantitative estimate of drug-likeness (QED) is 0.635. The summed E-state index contributed by atoms with van der Waals surface area (Å²) in [6, 6.07) is 2.35. The van der Waals surface area contributed by atoms with Gasteiger partial charge in [0.25, 0.3) is 0 Å². The van der Waals surface area contributed by atoms with E-state index in [4.69, 9.17) is 5.84 Å². The minimum atomic E-state index is 0.241. The number of nitrogens with one attached hydrogen (secondary N) is 1.